The van der Waals surface area contributed by atoms with E-state index in [9.17, 15) is 0 Å². The van der Waals surface area contributed by atoms with E-state index in [1.54, 1.807) is 0 Å². The molecule has 0 heterocycles. The first kappa shape index (κ1) is 12.0. The molecule has 0 amide bonds. The molecule has 1 aliphatic carbocycles. The Hall–Kier alpha value is -0.0800. The first-order valence-electron chi connectivity index (χ1n) is 6.04. The average Bonchev–Trinajstić information content (AvgIpc) is 2.05. The predicted octanol–water partition coefficient (Wildman–Crippen LogP) is 2.58. The van der Waals surface area contributed by atoms with Gasteiger partial charge < -0.3 is 10.1 Å². The molecule has 0 spiro atoms. The summed E-state index contributed by atoms with van der Waals surface area (Å²) >= 11 is 0. The maximum atomic E-state index is 5.83. The predicted molar refractivity (Wildman–Crippen MR) is 60.5 cm³/mol. The van der Waals surface area contributed by atoms with Gasteiger partial charge in [0.05, 0.1) is 12.2 Å². The van der Waals surface area contributed by atoms with Crippen LogP contribution in [0.3, 0.4) is 0 Å². The lowest BCUT2D eigenvalue weighted by Crippen LogP contribution is -2.33. The van der Waals surface area contributed by atoms with Gasteiger partial charge in [-0.2, -0.15) is 0 Å². The smallest absolute Gasteiger partial charge is 0.0675 e. The quantitative estimate of drug-likeness (QED) is 0.636. The van der Waals surface area contributed by atoms with Crippen molar-refractivity contribution in [3.8, 4) is 0 Å². The Bertz CT molecular complexity index is 143. The Labute approximate surface area is 88.4 Å². The molecule has 0 saturated heterocycles. The highest BCUT2D eigenvalue weighted by atomic mass is 16.5. The zero-order chi connectivity index (χ0) is 10.4. The lowest BCUT2D eigenvalue weighted by Gasteiger charge is -2.29. The average molecular weight is 199 g/mol. The first-order valence-corrected chi connectivity index (χ1v) is 6.04. The molecule has 0 aliphatic heterocycles. The van der Waals surface area contributed by atoms with Crippen molar-refractivity contribution in [1.29, 1.82) is 0 Å². The molecular formula is C12H25NO. The number of rotatable bonds is 7. The van der Waals surface area contributed by atoms with E-state index in [0.29, 0.717) is 12.2 Å². The molecule has 0 aromatic carbocycles. The monoisotopic (exact) mass is 199 g/mol. The summed E-state index contributed by atoms with van der Waals surface area (Å²) in [6.07, 6.45) is 6.12. The Morgan fingerprint density at radius 1 is 1.29 bits per heavy atom. The molecule has 2 nitrogen and oxygen atoms in total. The molecule has 14 heavy (non-hydrogen) atoms. The molecule has 1 fully saturated rings. The maximum Gasteiger partial charge on any atom is 0.0675 e. The summed E-state index contributed by atoms with van der Waals surface area (Å²) in [5, 5.41) is 3.45. The Morgan fingerprint density at radius 3 is 2.50 bits per heavy atom. The minimum atomic E-state index is 0.382. The molecule has 1 N–H and O–H groups in total. The second kappa shape index (κ2) is 6.41. The van der Waals surface area contributed by atoms with Gasteiger partial charge in [0, 0.05) is 6.54 Å². The van der Waals surface area contributed by atoms with Crippen molar-refractivity contribution in [2.75, 3.05) is 13.1 Å². The molecule has 0 aromatic rings. The molecule has 1 aliphatic rings. The number of ether oxygens (including phenoxy) is 1. The van der Waals surface area contributed by atoms with E-state index in [1.165, 1.54) is 25.7 Å². The molecule has 0 radical (unpaired) electrons. The zero-order valence-corrected chi connectivity index (χ0v) is 9.88. The SMILES string of the molecule is CC(C)CCNCC(C)OC1CCC1. The maximum absolute atomic E-state index is 5.83. The van der Waals surface area contributed by atoms with Gasteiger partial charge in [0.25, 0.3) is 0 Å². The third-order valence-electron chi connectivity index (χ3n) is 2.81. The van der Waals surface area contributed by atoms with Gasteiger partial charge >= 0.3 is 0 Å². The molecule has 1 atom stereocenters. The van der Waals surface area contributed by atoms with Crippen LogP contribution in [0.1, 0.15) is 46.5 Å². The van der Waals surface area contributed by atoms with E-state index in [1.807, 2.05) is 0 Å². The van der Waals surface area contributed by atoms with E-state index >= 15 is 0 Å². The molecule has 0 bridgehead atoms. The van der Waals surface area contributed by atoms with E-state index in [2.05, 4.69) is 26.1 Å². The Balaban J connectivity index is 1.89. The fraction of sp³-hybridized carbons (Fsp3) is 1.00. The molecular weight excluding hydrogens is 174 g/mol. The topological polar surface area (TPSA) is 21.3 Å². The third-order valence-corrected chi connectivity index (χ3v) is 2.81. The summed E-state index contributed by atoms with van der Waals surface area (Å²) in [6, 6.07) is 0. The highest BCUT2D eigenvalue weighted by molar-refractivity contribution is 4.71. The summed E-state index contributed by atoms with van der Waals surface area (Å²) in [5.41, 5.74) is 0. The lowest BCUT2D eigenvalue weighted by atomic mass is 9.96. The van der Waals surface area contributed by atoms with Gasteiger partial charge in [-0.05, 0) is 45.1 Å². The van der Waals surface area contributed by atoms with Crippen LogP contribution in [0.25, 0.3) is 0 Å². The molecule has 2 heteroatoms. The summed E-state index contributed by atoms with van der Waals surface area (Å²) in [5.74, 6) is 0.797. The Kier molecular flexibility index (Phi) is 5.49. The van der Waals surface area contributed by atoms with E-state index in [4.69, 9.17) is 4.74 Å². The molecule has 1 saturated carbocycles. The summed E-state index contributed by atoms with van der Waals surface area (Å²) < 4.78 is 5.83. The third kappa shape index (κ3) is 4.97. The van der Waals surface area contributed by atoms with Crippen LogP contribution in [0.15, 0.2) is 0 Å². The van der Waals surface area contributed by atoms with E-state index in [-0.39, 0.29) is 0 Å². The van der Waals surface area contributed by atoms with E-state index < -0.39 is 0 Å². The van der Waals surface area contributed by atoms with Gasteiger partial charge in [-0.15, -0.1) is 0 Å². The van der Waals surface area contributed by atoms with Gasteiger partial charge in [0.1, 0.15) is 0 Å². The first-order chi connectivity index (χ1) is 6.68. The van der Waals surface area contributed by atoms with Crippen molar-refractivity contribution in [1.82, 2.24) is 5.32 Å². The summed E-state index contributed by atoms with van der Waals surface area (Å²) in [4.78, 5) is 0. The lowest BCUT2D eigenvalue weighted by molar-refractivity contribution is -0.0417. The van der Waals surface area contributed by atoms with Crippen molar-refractivity contribution < 1.29 is 4.74 Å². The van der Waals surface area contributed by atoms with Crippen molar-refractivity contribution in [3.05, 3.63) is 0 Å². The van der Waals surface area contributed by atoms with Crippen LogP contribution in [0.5, 0.6) is 0 Å². The van der Waals surface area contributed by atoms with Crippen LogP contribution in [-0.2, 0) is 4.74 Å². The number of nitrogens with one attached hydrogen (secondary N) is 1. The molecule has 1 rings (SSSR count). The van der Waals surface area contributed by atoms with Gasteiger partial charge in [-0.3, -0.25) is 0 Å². The normalized spacial score (nSPS) is 19.7. The highest BCUT2D eigenvalue weighted by Gasteiger charge is 2.19. The van der Waals surface area contributed by atoms with Crippen molar-refractivity contribution in [2.45, 2.75) is 58.7 Å². The summed E-state index contributed by atoms with van der Waals surface area (Å²) in [7, 11) is 0. The standard InChI is InChI=1S/C12H25NO/c1-10(2)7-8-13-9-11(3)14-12-5-4-6-12/h10-13H,4-9H2,1-3H3. The van der Waals surface area contributed by atoms with Crippen LogP contribution in [0.2, 0.25) is 0 Å². The fourth-order valence-electron chi connectivity index (χ4n) is 1.58. The van der Waals surface area contributed by atoms with Crippen LogP contribution in [0.4, 0.5) is 0 Å². The summed E-state index contributed by atoms with van der Waals surface area (Å²) in [6.45, 7) is 8.81. The van der Waals surface area contributed by atoms with Crippen molar-refractivity contribution >= 4 is 0 Å². The molecule has 0 aromatic heterocycles. The minimum absolute atomic E-state index is 0.382. The van der Waals surface area contributed by atoms with Crippen LogP contribution in [0, 0.1) is 5.92 Å². The second-order valence-corrected chi connectivity index (χ2v) is 4.89. The minimum Gasteiger partial charge on any atom is -0.374 e. The molecule has 1 unspecified atom stereocenters. The van der Waals surface area contributed by atoms with Crippen molar-refractivity contribution in [3.63, 3.8) is 0 Å². The second-order valence-electron chi connectivity index (χ2n) is 4.89. The van der Waals surface area contributed by atoms with Crippen LogP contribution >= 0.6 is 0 Å². The van der Waals surface area contributed by atoms with Crippen molar-refractivity contribution in [2.24, 2.45) is 5.92 Å². The van der Waals surface area contributed by atoms with Gasteiger partial charge in [-0.1, -0.05) is 13.8 Å². The Morgan fingerprint density at radius 2 is 2.00 bits per heavy atom. The fourth-order valence-corrected chi connectivity index (χ4v) is 1.58. The van der Waals surface area contributed by atoms with Gasteiger partial charge in [-0.25, -0.2) is 0 Å². The highest BCUT2D eigenvalue weighted by Crippen LogP contribution is 2.22. The van der Waals surface area contributed by atoms with Gasteiger partial charge in [0.15, 0.2) is 0 Å². The molecule has 84 valence electrons. The largest absolute Gasteiger partial charge is 0.374 e. The van der Waals surface area contributed by atoms with Gasteiger partial charge in [0.2, 0.25) is 0 Å². The van der Waals surface area contributed by atoms with Crippen LogP contribution in [-0.4, -0.2) is 25.3 Å². The van der Waals surface area contributed by atoms with E-state index in [0.717, 1.165) is 19.0 Å². The zero-order valence-electron chi connectivity index (χ0n) is 9.88. The number of hydrogen-bond acceptors (Lipinski definition) is 2. The van der Waals surface area contributed by atoms with Crippen LogP contribution < -0.4 is 5.32 Å². The number of hydrogen-bond donors (Lipinski definition) is 1.